The number of hydrogen-bond acceptors (Lipinski definition) is 4. The van der Waals surface area contributed by atoms with Crippen LogP contribution >= 0.6 is 15.9 Å². The zero-order chi connectivity index (χ0) is 21.7. The Bertz CT molecular complexity index is 615. The molecule has 1 rings (SSSR count). The number of halogens is 1. The maximum atomic E-state index is 12.0. The van der Waals surface area contributed by atoms with E-state index in [4.69, 9.17) is 9.47 Å². The van der Waals surface area contributed by atoms with Crippen LogP contribution in [-0.4, -0.2) is 31.2 Å². The molecule has 1 aromatic carbocycles. The standard InChI is InChI=1S/C23H39BrN2O3/c1-6-8-9-10-11-12-13-25-16-18-14-20(28-7-2)21(15-19(18)24)29-17-22(27)26-23(3,4)5/h14-15,25H,6-13,16-17H2,1-5H3,(H,26,27). The highest BCUT2D eigenvalue weighted by molar-refractivity contribution is 9.10. The molecule has 0 aliphatic carbocycles. The van der Waals surface area contributed by atoms with E-state index in [2.05, 4.69) is 33.5 Å². The smallest absolute Gasteiger partial charge is 0.258 e. The first kappa shape index (κ1) is 25.8. The Balaban J connectivity index is 2.57. The van der Waals surface area contributed by atoms with Gasteiger partial charge in [-0.2, -0.15) is 0 Å². The van der Waals surface area contributed by atoms with Crippen LogP contribution in [0, 0.1) is 0 Å². The number of amides is 1. The number of nitrogens with one attached hydrogen (secondary N) is 2. The fraction of sp³-hybridized carbons (Fsp3) is 0.696. The molecular formula is C23H39BrN2O3. The number of carbonyl (C=O) groups excluding carboxylic acids is 1. The molecule has 0 unspecified atom stereocenters. The first-order chi connectivity index (χ1) is 13.8. The summed E-state index contributed by atoms with van der Waals surface area (Å²) in [6.07, 6.45) is 7.77. The Labute approximate surface area is 185 Å². The Hall–Kier alpha value is -1.27. The van der Waals surface area contributed by atoms with Crippen LogP contribution in [0.2, 0.25) is 0 Å². The lowest BCUT2D eigenvalue weighted by Crippen LogP contribution is -2.43. The maximum absolute atomic E-state index is 12.0. The summed E-state index contributed by atoms with van der Waals surface area (Å²) in [6.45, 7) is 12.3. The average Bonchev–Trinajstić information content (AvgIpc) is 2.63. The highest BCUT2D eigenvalue weighted by Crippen LogP contribution is 2.34. The summed E-state index contributed by atoms with van der Waals surface area (Å²) in [7, 11) is 0. The van der Waals surface area contributed by atoms with Crippen molar-refractivity contribution >= 4 is 21.8 Å². The van der Waals surface area contributed by atoms with E-state index in [-0.39, 0.29) is 18.1 Å². The minimum atomic E-state index is -0.282. The van der Waals surface area contributed by atoms with Gasteiger partial charge in [-0.05, 0) is 58.4 Å². The topological polar surface area (TPSA) is 59.6 Å². The lowest BCUT2D eigenvalue weighted by atomic mass is 10.1. The van der Waals surface area contributed by atoms with Crippen LogP contribution in [0.25, 0.3) is 0 Å². The third-order valence-corrected chi connectivity index (χ3v) is 5.05. The number of rotatable bonds is 14. The predicted octanol–water partition coefficient (Wildman–Crippen LogP) is 5.59. The number of unbranched alkanes of at least 4 members (excludes halogenated alkanes) is 5. The van der Waals surface area contributed by atoms with E-state index in [1.54, 1.807) is 0 Å². The Morgan fingerprint density at radius 1 is 1.00 bits per heavy atom. The van der Waals surface area contributed by atoms with E-state index in [9.17, 15) is 4.79 Å². The second kappa shape index (κ2) is 13.9. The molecule has 0 fully saturated rings. The van der Waals surface area contributed by atoms with Crippen LogP contribution in [-0.2, 0) is 11.3 Å². The Morgan fingerprint density at radius 3 is 2.31 bits per heavy atom. The Kier molecular flexibility index (Phi) is 12.3. The fourth-order valence-corrected chi connectivity index (χ4v) is 3.41. The van der Waals surface area contributed by atoms with Crippen molar-refractivity contribution < 1.29 is 14.3 Å². The third-order valence-electron chi connectivity index (χ3n) is 4.31. The molecule has 0 bridgehead atoms. The summed E-state index contributed by atoms with van der Waals surface area (Å²) < 4.78 is 12.4. The van der Waals surface area contributed by atoms with Crippen molar-refractivity contribution in [3.8, 4) is 11.5 Å². The van der Waals surface area contributed by atoms with E-state index in [0.717, 1.165) is 23.1 Å². The minimum Gasteiger partial charge on any atom is -0.490 e. The van der Waals surface area contributed by atoms with Crippen molar-refractivity contribution in [3.05, 3.63) is 22.2 Å². The summed E-state index contributed by atoms with van der Waals surface area (Å²) in [5, 5.41) is 6.40. The summed E-state index contributed by atoms with van der Waals surface area (Å²) in [5.41, 5.74) is 0.834. The van der Waals surface area contributed by atoms with Gasteiger partial charge in [-0.1, -0.05) is 55.0 Å². The first-order valence-corrected chi connectivity index (χ1v) is 11.7. The summed E-state index contributed by atoms with van der Waals surface area (Å²) >= 11 is 3.62. The molecule has 166 valence electrons. The van der Waals surface area contributed by atoms with Crippen LogP contribution < -0.4 is 20.1 Å². The lowest BCUT2D eigenvalue weighted by Gasteiger charge is -2.21. The molecule has 1 aromatic rings. The highest BCUT2D eigenvalue weighted by Gasteiger charge is 2.16. The van der Waals surface area contributed by atoms with Crippen molar-refractivity contribution in [2.24, 2.45) is 0 Å². The van der Waals surface area contributed by atoms with Gasteiger partial charge in [-0.15, -0.1) is 0 Å². The highest BCUT2D eigenvalue weighted by atomic mass is 79.9. The number of hydrogen-bond donors (Lipinski definition) is 2. The molecule has 0 saturated heterocycles. The molecule has 0 spiro atoms. The molecular weight excluding hydrogens is 432 g/mol. The van der Waals surface area contributed by atoms with Gasteiger partial charge in [0.2, 0.25) is 0 Å². The van der Waals surface area contributed by atoms with Crippen LogP contribution in [0.5, 0.6) is 11.5 Å². The maximum Gasteiger partial charge on any atom is 0.258 e. The largest absolute Gasteiger partial charge is 0.490 e. The van der Waals surface area contributed by atoms with E-state index < -0.39 is 0 Å². The number of ether oxygens (including phenoxy) is 2. The third kappa shape index (κ3) is 11.5. The number of benzene rings is 1. The molecule has 0 saturated carbocycles. The zero-order valence-electron chi connectivity index (χ0n) is 18.8. The van der Waals surface area contributed by atoms with E-state index in [1.165, 1.54) is 38.5 Å². The van der Waals surface area contributed by atoms with Crippen molar-refractivity contribution in [2.45, 2.75) is 85.2 Å². The molecule has 0 aliphatic heterocycles. The minimum absolute atomic E-state index is 0.0422. The van der Waals surface area contributed by atoms with Crippen molar-refractivity contribution in [2.75, 3.05) is 19.8 Å². The lowest BCUT2D eigenvalue weighted by molar-refractivity contribution is -0.124. The molecule has 2 N–H and O–H groups in total. The van der Waals surface area contributed by atoms with Gasteiger partial charge in [0.1, 0.15) is 0 Å². The summed E-state index contributed by atoms with van der Waals surface area (Å²) in [5.74, 6) is 1.08. The van der Waals surface area contributed by atoms with Crippen molar-refractivity contribution in [1.29, 1.82) is 0 Å². The predicted molar refractivity (Wildman–Crippen MR) is 124 cm³/mol. The van der Waals surface area contributed by atoms with E-state index >= 15 is 0 Å². The normalized spacial score (nSPS) is 11.4. The van der Waals surface area contributed by atoms with Crippen LogP contribution in [0.3, 0.4) is 0 Å². The molecule has 5 nitrogen and oxygen atoms in total. The zero-order valence-corrected chi connectivity index (χ0v) is 20.4. The van der Waals surface area contributed by atoms with Gasteiger partial charge in [-0.25, -0.2) is 0 Å². The van der Waals surface area contributed by atoms with Gasteiger partial charge in [0.25, 0.3) is 5.91 Å². The monoisotopic (exact) mass is 470 g/mol. The van der Waals surface area contributed by atoms with Gasteiger partial charge in [0.15, 0.2) is 18.1 Å². The van der Waals surface area contributed by atoms with Gasteiger partial charge in [0.05, 0.1) is 6.61 Å². The average molecular weight is 471 g/mol. The van der Waals surface area contributed by atoms with Gasteiger partial charge < -0.3 is 20.1 Å². The van der Waals surface area contributed by atoms with Crippen molar-refractivity contribution in [1.82, 2.24) is 10.6 Å². The SMILES string of the molecule is CCCCCCCCNCc1cc(OCC)c(OCC(=O)NC(C)(C)C)cc1Br. The van der Waals surface area contributed by atoms with E-state index in [1.807, 2.05) is 39.8 Å². The number of carbonyl (C=O) groups is 1. The second-order valence-electron chi connectivity index (χ2n) is 8.35. The van der Waals surface area contributed by atoms with Crippen LogP contribution in [0.4, 0.5) is 0 Å². The first-order valence-electron chi connectivity index (χ1n) is 10.9. The quantitative estimate of drug-likeness (QED) is 0.347. The molecule has 0 aliphatic rings. The van der Waals surface area contributed by atoms with E-state index in [0.29, 0.717) is 18.1 Å². The molecule has 0 atom stereocenters. The van der Waals surface area contributed by atoms with Gasteiger partial charge >= 0.3 is 0 Å². The molecule has 1 amide bonds. The molecule has 0 radical (unpaired) electrons. The fourth-order valence-electron chi connectivity index (χ4n) is 2.94. The molecule has 29 heavy (non-hydrogen) atoms. The van der Waals surface area contributed by atoms with Crippen LogP contribution in [0.1, 0.15) is 78.7 Å². The summed E-state index contributed by atoms with van der Waals surface area (Å²) in [4.78, 5) is 12.0. The van der Waals surface area contributed by atoms with Gasteiger partial charge in [-0.3, -0.25) is 4.79 Å². The Morgan fingerprint density at radius 2 is 1.66 bits per heavy atom. The molecule has 6 heteroatoms. The second-order valence-corrected chi connectivity index (χ2v) is 9.21. The van der Waals surface area contributed by atoms with Gasteiger partial charge in [0, 0.05) is 16.6 Å². The van der Waals surface area contributed by atoms with Crippen LogP contribution in [0.15, 0.2) is 16.6 Å². The molecule has 0 aromatic heterocycles. The molecule has 0 heterocycles. The summed E-state index contributed by atoms with van der Waals surface area (Å²) in [6, 6.07) is 3.87. The van der Waals surface area contributed by atoms with Crippen molar-refractivity contribution in [3.63, 3.8) is 0 Å².